The van der Waals surface area contributed by atoms with E-state index >= 15 is 0 Å². The van der Waals surface area contributed by atoms with Gasteiger partial charge in [0.05, 0.1) is 13.1 Å². The minimum Gasteiger partial charge on any atom is -0.435 e. The third-order valence-electron chi connectivity index (χ3n) is 6.44. The Hall–Kier alpha value is -2.29. The first-order valence-electron chi connectivity index (χ1n) is 10.8. The van der Waals surface area contributed by atoms with Crippen LogP contribution < -0.4 is 5.32 Å². The first-order chi connectivity index (χ1) is 15.0. The highest BCUT2D eigenvalue weighted by molar-refractivity contribution is 9.10. The van der Waals surface area contributed by atoms with Crippen molar-refractivity contribution in [1.82, 2.24) is 9.88 Å². The number of ketones is 1. The molecule has 2 aromatic rings. The number of halogens is 1. The van der Waals surface area contributed by atoms with Gasteiger partial charge in [-0.1, -0.05) is 12.1 Å². The van der Waals surface area contributed by atoms with Gasteiger partial charge in [0.15, 0.2) is 5.78 Å². The molecule has 1 unspecified atom stereocenters. The molecule has 2 N–H and O–H groups in total. The Morgan fingerprint density at radius 1 is 1.22 bits per heavy atom. The molecule has 1 fully saturated rings. The second-order valence-corrected chi connectivity index (χ2v) is 10.3. The van der Waals surface area contributed by atoms with Crippen molar-refractivity contribution in [2.45, 2.75) is 45.8 Å². The molecular weight excluding hydrogens is 472 g/mol. The molecule has 1 amide bonds. The van der Waals surface area contributed by atoms with Crippen LogP contribution >= 0.6 is 15.9 Å². The molecule has 1 aliphatic rings. The topological polar surface area (TPSA) is 82.5 Å². The molecule has 0 bridgehead atoms. The second kappa shape index (κ2) is 9.68. The average molecular weight is 504 g/mol. The van der Waals surface area contributed by atoms with Crippen LogP contribution in [-0.4, -0.2) is 69.1 Å². The normalized spacial score (nSPS) is 21.8. The molecule has 0 spiro atoms. The van der Waals surface area contributed by atoms with Crippen LogP contribution in [0, 0.1) is 0 Å². The molecule has 2 heterocycles. The lowest BCUT2D eigenvalue weighted by Crippen LogP contribution is -2.73. The van der Waals surface area contributed by atoms with Crippen molar-refractivity contribution >= 4 is 33.5 Å². The predicted octanol–water partition coefficient (Wildman–Crippen LogP) is 4.64. The summed E-state index contributed by atoms with van der Waals surface area (Å²) in [7, 11) is 0. The van der Waals surface area contributed by atoms with Gasteiger partial charge in [0.1, 0.15) is 22.7 Å². The molecule has 1 aromatic heterocycles. The first kappa shape index (κ1) is 24.4. The number of quaternary nitrogens is 1. The van der Waals surface area contributed by atoms with E-state index in [4.69, 9.17) is 0 Å². The summed E-state index contributed by atoms with van der Waals surface area (Å²) in [6.45, 7) is 11.1. The third kappa shape index (κ3) is 5.19. The molecule has 172 valence electrons. The first-order valence-corrected chi connectivity index (χ1v) is 11.6. The molecule has 32 heavy (non-hydrogen) atoms. The fraction of sp³-hybridized carbons (Fsp3) is 0.458. The number of carbonyl (C=O) groups is 2. The van der Waals surface area contributed by atoms with Gasteiger partial charge in [-0.15, -0.1) is 0 Å². The number of benzene rings is 1. The van der Waals surface area contributed by atoms with Crippen LogP contribution in [0.3, 0.4) is 0 Å². The minimum atomic E-state index is -0.742. The summed E-state index contributed by atoms with van der Waals surface area (Å²) in [4.78, 5) is 30.9. The number of carbonyl (C=O) groups excluding carboxylic acids is 1. The quantitative estimate of drug-likeness (QED) is 0.339. The van der Waals surface area contributed by atoms with Gasteiger partial charge >= 0.3 is 6.09 Å². The van der Waals surface area contributed by atoms with Gasteiger partial charge in [-0.25, -0.2) is 9.47 Å². The van der Waals surface area contributed by atoms with Crippen LogP contribution in [0.1, 0.15) is 43.6 Å². The highest BCUT2D eigenvalue weighted by Crippen LogP contribution is 2.32. The fourth-order valence-corrected chi connectivity index (χ4v) is 4.88. The molecule has 8 heteroatoms. The lowest BCUT2D eigenvalue weighted by Gasteiger charge is -2.52. The summed E-state index contributed by atoms with van der Waals surface area (Å²) in [6.07, 6.45) is 0.822. The molecule has 1 saturated heterocycles. The molecule has 1 aliphatic heterocycles. The number of rotatable bonds is 6. The lowest BCUT2D eigenvalue weighted by molar-refractivity contribution is -0.929. The van der Waals surface area contributed by atoms with E-state index in [1.807, 2.05) is 39.8 Å². The van der Waals surface area contributed by atoms with E-state index in [1.54, 1.807) is 18.3 Å². The maximum atomic E-state index is 12.3. The molecule has 1 aromatic carbocycles. The number of aromatic nitrogens is 1. The molecule has 0 saturated carbocycles. The predicted molar refractivity (Wildman–Crippen MR) is 129 cm³/mol. The Morgan fingerprint density at radius 2 is 1.91 bits per heavy atom. The zero-order valence-corrected chi connectivity index (χ0v) is 20.7. The summed E-state index contributed by atoms with van der Waals surface area (Å²) >= 11 is 3.27. The van der Waals surface area contributed by atoms with Gasteiger partial charge in [0.25, 0.3) is 0 Å². The Labute approximate surface area is 198 Å². The zero-order valence-electron chi connectivity index (χ0n) is 19.1. The largest absolute Gasteiger partial charge is 0.514 e. The van der Waals surface area contributed by atoms with E-state index in [-0.39, 0.29) is 28.4 Å². The third-order valence-corrected chi connectivity index (χ3v) is 6.91. The summed E-state index contributed by atoms with van der Waals surface area (Å²) in [5, 5.41) is 13.2. The van der Waals surface area contributed by atoms with Crippen LogP contribution in [0.25, 0.3) is 0 Å². The lowest BCUT2D eigenvalue weighted by atomic mass is 9.95. The van der Waals surface area contributed by atoms with Crippen LogP contribution in [0.5, 0.6) is 0 Å². The molecule has 0 radical (unpaired) electrons. The van der Waals surface area contributed by atoms with Crippen LogP contribution in [0.4, 0.5) is 10.5 Å². The maximum absolute atomic E-state index is 12.3. The highest BCUT2D eigenvalue weighted by Gasteiger charge is 2.54. The smallest absolute Gasteiger partial charge is 0.435 e. The van der Waals surface area contributed by atoms with Crippen molar-refractivity contribution in [3.8, 4) is 0 Å². The van der Waals surface area contributed by atoms with Crippen molar-refractivity contribution in [3.63, 3.8) is 0 Å². The number of carboxylic acid groups (broad SMARTS) is 1. The Kier molecular flexibility index (Phi) is 7.37. The Balaban J connectivity index is 1.55. The number of hydrogen-bond donors (Lipinski definition) is 2. The standard InChI is InChI=1S/C24H31BrN4O3/c1-17-15-28(11-12-29(17,23(31)32)24(2,3)4)16-18-5-8-20(9-6-18)26-14-21(30)19-7-10-22(25)27-13-19/h5-10,13,17,26H,11-12,14-16H2,1-4H3/p+1/t17-,29?/m0/s1. The summed E-state index contributed by atoms with van der Waals surface area (Å²) in [5.74, 6) is -0.0183. The minimum absolute atomic E-state index is 0.00121. The van der Waals surface area contributed by atoms with Gasteiger partial charge in [-0.2, -0.15) is 4.79 Å². The van der Waals surface area contributed by atoms with Crippen molar-refractivity contribution in [2.24, 2.45) is 0 Å². The van der Waals surface area contributed by atoms with Crippen LogP contribution in [0.2, 0.25) is 0 Å². The van der Waals surface area contributed by atoms with Crippen LogP contribution in [0.15, 0.2) is 47.2 Å². The molecule has 3 rings (SSSR count). The average Bonchev–Trinajstić information content (AvgIpc) is 2.72. The van der Waals surface area contributed by atoms with E-state index in [0.717, 1.165) is 30.9 Å². The number of amides is 1. The summed E-state index contributed by atoms with van der Waals surface area (Å²) in [5.41, 5.74) is 2.27. The monoisotopic (exact) mass is 503 g/mol. The van der Waals surface area contributed by atoms with E-state index in [1.165, 1.54) is 0 Å². The van der Waals surface area contributed by atoms with Gasteiger partial charge in [-0.05, 0) is 73.5 Å². The zero-order chi connectivity index (χ0) is 23.5. The number of anilines is 1. The second-order valence-electron chi connectivity index (χ2n) is 9.47. The Bertz CT molecular complexity index is 957. The van der Waals surface area contributed by atoms with E-state index < -0.39 is 6.09 Å². The highest BCUT2D eigenvalue weighted by atomic mass is 79.9. The summed E-state index contributed by atoms with van der Waals surface area (Å²) < 4.78 is 0.792. The van der Waals surface area contributed by atoms with Gasteiger partial charge in [0, 0.05) is 30.5 Å². The van der Waals surface area contributed by atoms with Gasteiger partial charge in [0.2, 0.25) is 0 Å². The molecular formula is C24H32BrN4O3+. The van der Waals surface area contributed by atoms with E-state index in [0.29, 0.717) is 16.7 Å². The summed E-state index contributed by atoms with van der Waals surface area (Å²) in [6, 6.07) is 11.6. The van der Waals surface area contributed by atoms with Crippen LogP contribution in [-0.2, 0) is 6.54 Å². The van der Waals surface area contributed by atoms with E-state index in [2.05, 4.69) is 43.3 Å². The van der Waals surface area contributed by atoms with Crippen molar-refractivity contribution in [2.75, 3.05) is 31.5 Å². The van der Waals surface area contributed by atoms with Gasteiger partial charge in [-0.3, -0.25) is 9.69 Å². The van der Waals surface area contributed by atoms with Crippen molar-refractivity contribution < 1.29 is 19.2 Å². The number of nitrogens with zero attached hydrogens (tertiary/aromatic N) is 3. The van der Waals surface area contributed by atoms with Gasteiger partial charge < -0.3 is 10.4 Å². The maximum Gasteiger partial charge on any atom is 0.514 e. The SMILES string of the molecule is C[C@H]1CN(Cc2ccc(NCC(=O)c3ccc(Br)nc3)cc2)CC[N+]1(C(=O)O)C(C)(C)C. The fourth-order valence-electron chi connectivity index (χ4n) is 4.65. The van der Waals surface area contributed by atoms with E-state index in [9.17, 15) is 14.7 Å². The van der Waals surface area contributed by atoms with Crippen molar-refractivity contribution in [3.05, 3.63) is 58.3 Å². The number of pyridine rings is 1. The number of nitrogens with one attached hydrogen (secondary N) is 1. The van der Waals surface area contributed by atoms with Crippen molar-refractivity contribution in [1.29, 1.82) is 0 Å². The number of piperazine rings is 1. The number of Topliss-reactive ketones (excluding diaryl/α,β-unsaturated/α-hetero) is 1. The Morgan fingerprint density at radius 3 is 2.44 bits per heavy atom. The number of hydrogen-bond acceptors (Lipinski definition) is 5. The molecule has 7 nitrogen and oxygen atoms in total. The molecule has 0 aliphatic carbocycles. The molecule has 2 atom stereocenters.